The molecular formula is C20H15NO4. The lowest BCUT2D eigenvalue weighted by Gasteiger charge is -2.28. The molecule has 0 amide bonds. The monoisotopic (exact) mass is 333 g/mol. The van der Waals surface area contributed by atoms with Gasteiger partial charge in [0.25, 0.3) is 5.90 Å². The summed E-state index contributed by atoms with van der Waals surface area (Å²) in [5, 5.41) is 0. The highest BCUT2D eigenvalue weighted by Crippen LogP contribution is 2.44. The maximum Gasteiger partial charge on any atom is 0.259 e. The van der Waals surface area contributed by atoms with Crippen LogP contribution in [-0.4, -0.2) is 19.1 Å². The van der Waals surface area contributed by atoms with E-state index in [1.807, 2.05) is 54.6 Å². The van der Waals surface area contributed by atoms with E-state index in [1.165, 1.54) is 0 Å². The van der Waals surface area contributed by atoms with Crippen molar-refractivity contribution in [2.45, 2.75) is 6.10 Å². The minimum atomic E-state index is -0.287. The molecule has 124 valence electrons. The maximum atomic E-state index is 6.19. The number of rotatable bonds is 2. The summed E-state index contributed by atoms with van der Waals surface area (Å²) < 4.78 is 23.1. The van der Waals surface area contributed by atoms with Gasteiger partial charge in [-0.2, -0.15) is 0 Å². The van der Waals surface area contributed by atoms with E-state index in [2.05, 4.69) is 4.99 Å². The summed E-state index contributed by atoms with van der Waals surface area (Å²) >= 11 is 0. The summed E-state index contributed by atoms with van der Waals surface area (Å²) in [6.45, 7) is 1.09. The molecule has 0 saturated carbocycles. The first-order valence-electron chi connectivity index (χ1n) is 8.16. The van der Waals surface area contributed by atoms with Crippen molar-refractivity contribution in [3.63, 3.8) is 0 Å². The molecule has 0 N–H and O–H groups in total. The van der Waals surface area contributed by atoms with Crippen LogP contribution in [0, 0.1) is 0 Å². The number of furan rings is 1. The summed E-state index contributed by atoms with van der Waals surface area (Å²) in [4.78, 5) is 4.64. The minimum Gasteiger partial charge on any atom is -0.486 e. The molecule has 5 rings (SSSR count). The zero-order chi connectivity index (χ0) is 16.6. The summed E-state index contributed by atoms with van der Waals surface area (Å²) in [6, 6.07) is 17.6. The van der Waals surface area contributed by atoms with Crippen molar-refractivity contribution in [3.05, 3.63) is 77.7 Å². The number of ether oxygens (including phenoxy) is 3. The standard InChI is InChI=1S/C20H15NO4/c1-2-5-13(6-3-1)19-14-11-17-18(24-10-9-23-17)12-15(14)21-20(25-19)16-7-4-8-22-16/h1-8,11-12,19H,9-10H2/t19-/m1/s1. The predicted octanol–water partition coefficient (Wildman–Crippen LogP) is 4.25. The first-order valence-corrected chi connectivity index (χ1v) is 8.16. The summed E-state index contributed by atoms with van der Waals surface area (Å²) in [5.41, 5.74) is 2.79. The van der Waals surface area contributed by atoms with Crippen LogP contribution in [0.3, 0.4) is 0 Å². The quantitative estimate of drug-likeness (QED) is 0.703. The molecule has 25 heavy (non-hydrogen) atoms. The van der Waals surface area contributed by atoms with E-state index in [0.717, 1.165) is 22.6 Å². The first-order chi connectivity index (χ1) is 12.4. The molecule has 2 aromatic carbocycles. The second-order valence-corrected chi connectivity index (χ2v) is 5.86. The van der Waals surface area contributed by atoms with Gasteiger partial charge in [0.2, 0.25) is 0 Å². The van der Waals surface area contributed by atoms with Gasteiger partial charge < -0.3 is 18.6 Å². The Morgan fingerprint density at radius 1 is 0.880 bits per heavy atom. The lowest BCUT2D eigenvalue weighted by atomic mass is 9.98. The summed E-state index contributed by atoms with van der Waals surface area (Å²) in [5.74, 6) is 2.50. The number of nitrogens with zero attached hydrogens (tertiary/aromatic N) is 1. The Morgan fingerprint density at radius 2 is 1.68 bits per heavy atom. The van der Waals surface area contributed by atoms with Gasteiger partial charge in [0.15, 0.2) is 23.4 Å². The molecule has 0 saturated heterocycles. The zero-order valence-electron chi connectivity index (χ0n) is 13.3. The Kier molecular flexibility index (Phi) is 3.23. The van der Waals surface area contributed by atoms with Crippen molar-refractivity contribution in [2.75, 3.05) is 13.2 Å². The van der Waals surface area contributed by atoms with E-state index in [0.29, 0.717) is 30.6 Å². The van der Waals surface area contributed by atoms with Gasteiger partial charge in [-0.1, -0.05) is 30.3 Å². The Bertz CT molecular complexity index is 932. The Hall–Kier alpha value is -3.21. The highest BCUT2D eigenvalue weighted by molar-refractivity contribution is 5.95. The molecule has 0 unspecified atom stereocenters. The van der Waals surface area contributed by atoms with Gasteiger partial charge in [-0.3, -0.25) is 0 Å². The number of hydrogen-bond acceptors (Lipinski definition) is 5. The van der Waals surface area contributed by atoms with Gasteiger partial charge in [-0.15, -0.1) is 0 Å². The van der Waals surface area contributed by atoms with E-state index < -0.39 is 0 Å². The number of benzene rings is 2. The molecule has 2 aliphatic heterocycles. The second kappa shape index (κ2) is 5.70. The molecule has 1 atom stereocenters. The van der Waals surface area contributed by atoms with Crippen LogP contribution < -0.4 is 9.47 Å². The van der Waals surface area contributed by atoms with E-state index in [-0.39, 0.29) is 6.10 Å². The predicted molar refractivity (Wildman–Crippen MR) is 91.7 cm³/mol. The number of fused-ring (bicyclic) bond motifs is 2. The summed E-state index contributed by atoms with van der Waals surface area (Å²) in [7, 11) is 0. The van der Waals surface area contributed by atoms with Crippen LogP contribution in [0.5, 0.6) is 11.5 Å². The Morgan fingerprint density at radius 3 is 2.44 bits per heavy atom. The minimum absolute atomic E-state index is 0.287. The zero-order valence-corrected chi connectivity index (χ0v) is 13.3. The van der Waals surface area contributed by atoms with E-state index >= 15 is 0 Å². The molecular weight excluding hydrogens is 318 g/mol. The van der Waals surface area contributed by atoms with Gasteiger partial charge in [0, 0.05) is 11.6 Å². The molecule has 5 nitrogen and oxygen atoms in total. The maximum absolute atomic E-state index is 6.19. The molecule has 0 fully saturated rings. The normalized spacial score (nSPS) is 18.1. The van der Waals surface area contributed by atoms with Crippen molar-refractivity contribution in [1.29, 1.82) is 0 Å². The van der Waals surface area contributed by atoms with Gasteiger partial charge in [-0.25, -0.2) is 4.99 Å². The van der Waals surface area contributed by atoms with Gasteiger partial charge in [-0.05, 0) is 23.8 Å². The average molecular weight is 333 g/mol. The van der Waals surface area contributed by atoms with Crippen molar-refractivity contribution in [3.8, 4) is 11.5 Å². The van der Waals surface area contributed by atoms with Crippen LogP contribution in [0.25, 0.3) is 0 Å². The van der Waals surface area contributed by atoms with E-state index in [9.17, 15) is 0 Å². The Labute approximate surface area is 144 Å². The van der Waals surface area contributed by atoms with Crippen LogP contribution in [0.2, 0.25) is 0 Å². The van der Waals surface area contributed by atoms with Crippen molar-refractivity contribution < 1.29 is 18.6 Å². The highest BCUT2D eigenvalue weighted by atomic mass is 16.6. The largest absolute Gasteiger partial charge is 0.486 e. The van der Waals surface area contributed by atoms with E-state index in [1.54, 1.807) is 6.26 Å². The second-order valence-electron chi connectivity index (χ2n) is 5.86. The smallest absolute Gasteiger partial charge is 0.259 e. The van der Waals surface area contributed by atoms with Gasteiger partial charge in [0.05, 0.1) is 12.0 Å². The Balaban J connectivity index is 1.68. The highest BCUT2D eigenvalue weighted by Gasteiger charge is 2.30. The van der Waals surface area contributed by atoms with Crippen LogP contribution >= 0.6 is 0 Å². The molecule has 3 heterocycles. The fourth-order valence-electron chi connectivity index (χ4n) is 3.10. The fourth-order valence-corrected chi connectivity index (χ4v) is 3.10. The van der Waals surface area contributed by atoms with Gasteiger partial charge in [0.1, 0.15) is 13.2 Å². The van der Waals surface area contributed by atoms with Crippen molar-refractivity contribution in [1.82, 2.24) is 0 Å². The molecule has 0 radical (unpaired) electrons. The number of aliphatic imine (C=N–C) groups is 1. The lowest BCUT2D eigenvalue weighted by Crippen LogP contribution is -2.20. The third-order valence-corrected chi connectivity index (χ3v) is 4.26. The van der Waals surface area contributed by atoms with Crippen LogP contribution in [0.1, 0.15) is 23.0 Å². The van der Waals surface area contributed by atoms with Crippen LogP contribution in [0.15, 0.2) is 70.3 Å². The molecule has 5 heteroatoms. The van der Waals surface area contributed by atoms with Crippen molar-refractivity contribution >= 4 is 11.6 Å². The molecule has 0 aliphatic carbocycles. The van der Waals surface area contributed by atoms with Crippen LogP contribution in [0.4, 0.5) is 5.69 Å². The lowest BCUT2D eigenvalue weighted by molar-refractivity contribution is 0.169. The molecule has 2 aliphatic rings. The molecule has 1 aromatic heterocycles. The molecule has 3 aromatic rings. The molecule has 0 spiro atoms. The van der Waals surface area contributed by atoms with E-state index in [4.69, 9.17) is 18.6 Å². The summed E-state index contributed by atoms with van der Waals surface area (Å²) in [6.07, 6.45) is 1.32. The first kappa shape index (κ1) is 14.2. The average Bonchev–Trinajstić information content (AvgIpc) is 3.21. The topological polar surface area (TPSA) is 53.2 Å². The third-order valence-electron chi connectivity index (χ3n) is 4.26. The SMILES string of the molecule is c1ccc([C@H]2OC(c3ccco3)=Nc3cc4c(cc32)OCCO4)cc1. The van der Waals surface area contributed by atoms with Gasteiger partial charge >= 0.3 is 0 Å². The molecule has 0 bridgehead atoms. The fraction of sp³-hybridized carbons (Fsp3) is 0.150. The van der Waals surface area contributed by atoms with Crippen molar-refractivity contribution in [2.24, 2.45) is 4.99 Å². The van der Waals surface area contributed by atoms with Crippen LogP contribution in [-0.2, 0) is 4.74 Å². The third kappa shape index (κ3) is 2.45. The number of hydrogen-bond donors (Lipinski definition) is 0.